The summed E-state index contributed by atoms with van der Waals surface area (Å²) in [7, 11) is 4.07. The van der Waals surface area contributed by atoms with Gasteiger partial charge in [-0.1, -0.05) is 29.8 Å². The second kappa shape index (κ2) is 6.26. The number of nitrogens with zero attached hydrogens (tertiary/aromatic N) is 2. The number of hydrogen-bond acceptors (Lipinski definition) is 3. The molecule has 0 amide bonds. The molecule has 4 aromatic rings. The zero-order valence-electron chi connectivity index (χ0n) is 14.1. The van der Waals surface area contributed by atoms with Gasteiger partial charge in [0, 0.05) is 41.3 Å². The molecule has 0 atom stereocenters. The van der Waals surface area contributed by atoms with Crippen molar-refractivity contribution in [2.45, 2.75) is 0 Å². The summed E-state index contributed by atoms with van der Waals surface area (Å²) in [5, 5.41) is 6.36. The number of hydrogen-bond donors (Lipinski definition) is 1. The van der Waals surface area contributed by atoms with Gasteiger partial charge in [0.15, 0.2) is 0 Å². The normalized spacial score (nSPS) is 11.0. The third-order valence-electron chi connectivity index (χ3n) is 4.30. The van der Waals surface area contributed by atoms with E-state index in [1.165, 1.54) is 0 Å². The fraction of sp³-hybridized carbons (Fsp3) is 0.0952. The van der Waals surface area contributed by atoms with Gasteiger partial charge < -0.3 is 10.2 Å². The lowest BCUT2D eigenvalue weighted by atomic mass is 10.1. The third-order valence-corrected chi connectivity index (χ3v) is 4.53. The number of pyridine rings is 1. The van der Waals surface area contributed by atoms with Crippen LogP contribution in [0.3, 0.4) is 0 Å². The molecular weight excluding hydrogens is 330 g/mol. The zero-order chi connectivity index (χ0) is 17.4. The Morgan fingerprint density at radius 1 is 0.840 bits per heavy atom. The van der Waals surface area contributed by atoms with Gasteiger partial charge in [0.05, 0.1) is 16.7 Å². The van der Waals surface area contributed by atoms with Crippen LogP contribution in [0.1, 0.15) is 0 Å². The maximum absolute atomic E-state index is 6.24. The van der Waals surface area contributed by atoms with Gasteiger partial charge in [-0.2, -0.15) is 0 Å². The summed E-state index contributed by atoms with van der Waals surface area (Å²) in [4.78, 5) is 6.84. The van der Waals surface area contributed by atoms with Gasteiger partial charge in [0.2, 0.25) is 0 Å². The molecule has 4 heteroatoms. The smallest absolute Gasteiger partial charge is 0.0731 e. The molecule has 0 aliphatic heterocycles. The number of para-hydroxylation sites is 1. The maximum Gasteiger partial charge on any atom is 0.0731 e. The monoisotopic (exact) mass is 347 g/mol. The quantitative estimate of drug-likeness (QED) is 0.471. The van der Waals surface area contributed by atoms with Crippen LogP contribution in [-0.2, 0) is 0 Å². The highest BCUT2D eigenvalue weighted by Gasteiger charge is 2.10. The van der Waals surface area contributed by atoms with E-state index in [-0.39, 0.29) is 0 Å². The molecule has 124 valence electrons. The first-order valence-electron chi connectivity index (χ1n) is 8.14. The van der Waals surface area contributed by atoms with Crippen LogP contribution < -0.4 is 10.2 Å². The third kappa shape index (κ3) is 2.99. The number of nitrogens with one attached hydrogen (secondary N) is 1. The Morgan fingerprint density at radius 3 is 2.32 bits per heavy atom. The summed E-state index contributed by atoms with van der Waals surface area (Å²) in [5.41, 5.74) is 5.11. The maximum atomic E-state index is 6.24. The molecule has 0 bridgehead atoms. The molecule has 3 aromatic carbocycles. The molecule has 1 N–H and O–H groups in total. The van der Waals surface area contributed by atoms with Crippen LogP contribution in [0, 0.1) is 0 Å². The summed E-state index contributed by atoms with van der Waals surface area (Å²) in [6.07, 6.45) is 0. The summed E-state index contributed by atoms with van der Waals surface area (Å²) < 4.78 is 0. The molecule has 25 heavy (non-hydrogen) atoms. The van der Waals surface area contributed by atoms with Gasteiger partial charge in [-0.25, -0.2) is 4.98 Å². The van der Waals surface area contributed by atoms with E-state index in [9.17, 15) is 0 Å². The topological polar surface area (TPSA) is 28.2 Å². The largest absolute Gasteiger partial charge is 0.378 e. The predicted molar refractivity (Wildman–Crippen MR) is 108 cm³/mol. The number of halogens is 1. The van der Waals surface area contributed by atoms with Gasteiger partial charge in [-0.05, 0) is 48.5 Å². The SMILES string of the molecule is CN(C)c1ccc(Nc2c3ccccc3nc3ccc(Cl)cc23)cc1. The van der Waals surface area contributed by atoms with E-state index in [0.29, 0.717) is 5.02 Å². The van der Waals surface area contributed by atoms with E-state index in [2.05, 4.69) is 40.5 Å². The average molecular weight is 348 g/mol. The van der Waals surface area contributed by atoms with Crippen molar-refractivity contribution in [2.75, 3.05) is 24.3 Å². The minimum absolute atomic E-state index is 0.704. The lowest BCUT2D eigenvalue weighted by Gasteiger charge is -2.16. The Bertz CT molecular complexity index is 1060. The van der Waals surface area contributed by atoms with Gasteiger partial charge in [-0.3, -0.25) is 0 Å². The minimum atomic E-state index is 0.704. The summed E-state index contributed by atoms with van der Waals surface area (Å²) in [6.45, 7) is 0. The van der Waals surface area contributed by atoms with E-state index < -0.39 is 0 Å². The van der Waals surface area contributed by atoms with Crippen molar-refractivity contribution in [3.8, 4) is 0 Å². The van der Waals surface area contributed by atoms with Crippen LogP contribution >= 0.6 is 11.6 Å². The summed E-state index contributed by atoms with van der Waals surface area (Å²) in [6, 6.07) is 22.3. The number of rotatable bonds is 3. The number of anilines is 3. The Balaban J connectivity index is 1.89. The van der Waals surface area contributed by atoms with E-state index in [1.807, 2.05) is 50.5 Å². The highest BCUT2D eigenvalue weighted by Crippen LogP contribution is 2.34. The molecule has 0 unspecified atom stereocenters. The minimum Gasteiger partial charge on any atom is -0.378 e. The molecule has 0 radical (unpaired) electrons. The standard InChI is InChI=1S/C21H18ClN3/c1-25(2)16-10-8-15(9-11-16)23-21-17-5-3-4-6-19(17)24-20-12-7-14(22)13-18(20)21/h3-13H,1-2H3,(H,23,24). The Labute approximate surface area is 151 Å². The summed E-state index contributed by atoms with van der Waals surface area (Å²) in [5.74, 6) is 0. The van der Waals surface area contributed by atoms with E-state index in [1.54, 1.807) is 0 Å². The first-order valence-corrected chi connectivity index (χ1v) is 8.52. The zero-order valence-corrected chi connectivity index (χ0v) is 14.9. The van der Waals surface area contributed by atoms with Gasteiger partial charge in [0.1, 0.15) is 0 Å². The first-order chi connectivity index (χ1) is 12.1. The van der Waals surface area contributed by atoms with Crippen molar-refractivity contribution in [3.05, 3.63) is 71.8 Å². The Kier molecular flexibility index (Phi) is 3.94. The second-order valence-electron chi connectivity index (χ2n) is 6.23. The van der Waals surface area contributed by atoms with Crippen molar-refractivity contribution in [1.29, 1.82) is 0 Å². The van der Waals surface area contributed by atoms with Crippen molar-refractivity contribution < 1.29 is 0 Å². The molecule has 0 spiro atoms. The van der Waals surface area contributed by atoms with Crippen LogP contribution in [0.4, 0.5) is 17.1 Å². The van der Waals surface area contributed by atoms with E-state index in [4.69, 9.17) is 16.6 Å². The molecule has 1 heterocycles. The van der Waals surface area contributed by atoms with Crippen molar-refractivity contribution >= 4 is 50.5 Å². The fourth-order valence-corrected chi connectivity index (χ4v) is 3.16. The average Bonchev–Trinajstić information content (AvgIpc) is 2.62. The van der Waals surface area contributed by atoms with Crippen LogP contribution in [0.15, 0.2) is 66.7 Å². The molecule has 3 nitrogen and oxygen atoms in total. The van der Waals surface area contributed by atoms with Crippen LogP contribution in [0.5, 0.6) is 0 Å². The Hall–Kier alpha value is -2.78. The van der Waals surface area contributed by atoms with Crippen molar-refractivity contribution in [1.82, 2.24) is 4.98 Å². The van der Waals surface area contributed by atoms with E-state index in [0.717, 1.165) is 38.9 Å². The van der Waals surface area contributed by atoms with Crippen molar-refractivity contribution in [2.24, 2.45) is 0 Å². The summed E-state index contributed by atoms with van der Waals surface area (Å²) >= 11 is 6.24. The number of benzene rings is 3. The van der Waals surface area contributed by atoms with Crippen LogP contribution in [0.25, 0.3) is 21.8 Å². The first kappa shape index (κ1) is 15.7. The highest BCUT2D eigenvalue weighted by atomic mass is 35.5. The van der Waals surface area contributed by atoms with Crippen LogP contribution in [0.2, 0.25) is 5.02 Å². The number of aromatic nitrogens is 1. The molecule has 0 saturated carbocycles. The molecular formula is C21H18ClN3. The highest BCUT2D eigenvalue weighted by molar-refractivity contribution is 6.31. The van der Waals surface area contributed by atoms with Gasteiger partial charge in [0.25, 0.3) is 0 Å². The Morgan fingerprint density at radius 2 is 1.56 bits per heavy atom. The molecule has 0 fully saturated rings. The van der Waals surface area contributed by atoms with Crippen LogP contribution in [-0.4, -0.2) is 19.1 Å². The van der Waals surface area contributed by atoms with Gasteiger partial charge >= 0.3 is 0 Å². The molecule has 4 rings (SSSR count). The molecule has 1 aromatic heterocycles. The predicted octanol–water partition coefficient (Wildman–Crippen LogP) is 5.85. The fourth-order valence-electron chi connectivity index (χ4n) is 2.99. The molecule has 0 aliphatic rings. The molecule has 0 aliphatic carbocycles. The molecule has 0 saturated heterocycles. The van der Waals surface area contributed by atoms with Crippen molar-refractivity contribution in [3.63, 3.8) is 0 Å². The second-order valence-corrected chi connectivity index (χ2v) is 6.67. The van der Waals surface area contributed by atoms with Gasteiger partial charge in [-0.15, -0.1) is 0 Å². The lowest BCUT2D eigenvalue weighted by Crippen LogP contribution is -2.08. The van der Waals surface area contributed by atoms with E-state index >= 15 is 0 Å². The lowest BCUT2D eigenvalue weighted by molar-refractivity contribution is 1.13. The number of fused-ring (bicyclic) bond motifs is 2.